The van der Waals surface area contributed by atoms with Gasteiger partial charge in [-0.3, -0.25) is 9.59 Å². The number of benzene rings is 2. The van der Waals surface area contributed by atoms with Crippen LogP contribution in [-0.4, -0.2) is 29.8 Å². The molecule has 0 unspecified atom stereocenters. The number of nitrogens with two attached hydrogens (primary N) is 2. The topological polar surface area (TPSA) is 118 Å². The molecule has 1 aliphatic rings. The minimum absolute atomic E-state index is 0.0319. The maximum Gasteiger partial charge on any atom is 0.198 e. The second kappa shape index (κ2) is 5.73. The number of hydrogen-bond donors (Lipinski definition) is 4. The summed E-state index contributed by atoms with van der Waals surface area (Å²) in [5, 5.41) is 13.3. The number of fused-ring (bicyclic) bond motifs is 2. The lowest BCUT2D eigenvalue weighted by atomic mass is 9.82. The van der Waals surface area contributed by atoms with Crippen molar-refractivity contribution in [1.82, 2.24) is 0 Å². The Morgan fingerprint density at radius 1 is 1.04 bits per heavy atom. The summed E-state index contributed by atoms with van der Waals surface area (Å²) >= 11 is 0. The molecule has 0 fully saturated rings. The van der Waals surface area contributed by atoms with E-state index in [-0.39, 0.29) is 33.9 Å². The van der Waals surface area contributed by atoms with Gasteiger partial charge in [0.15, 0.2) is 11.6 Å². The Hall–Kier alpha value is -2.86. The quantitative estimate of drug-likeness (QED) is 0.329. The van der Waals surface area contributed by atoms with Crippen molar-refractivity contribution in [2.24, 2.45) is 5.73 Å². The van der Waals surface area contributed by atoms with Gasteiger partial charge in [0.1, 0.15) is 5.75 Å². The molecular weight excluding hydrogens is 294 g/mol. The van der Waals surface area contributed by atoms with Crippen LogP contribution in [0, 0.1) is 0 Å². The number of rotatable bonds is 4. The van der Waals surface area contributed by atoms with Crippen LogP contribution in [0.25, 0.3) is 0 Å². The van der Waals surface area contributed by atoms with Crippen LogP contribution < -0.4 is 16.8 Å². The summed E-state index contributed by atoms with van der Waals surface area (Å²) in [5.74, 6) is -1.00. The average Bonchev–Trinajstić information content (AvgIpc) is 2.55. The molecule has 0 amide bonds. The zero-order valence-electron chi connectivity index (χ0n) is 12.4. The summed E-state index contributed by atoms with van der Waals surface area (Å²) in [7, 11) is 0. The number of nitrogen functional groups attached to an aromatic ring is 1. The van der Waals surface area contributed by atoms with Gasteiger partial charge in [0.05, 0.1) is 22.5 Å². The molecule has 1 aliphatic carbocycles. The Morgan fingerprint density at radius 2 is 1.65 bits per heavy atom. The number of carbonyl (C=O) groups is 2. The molecular formula is C17H17N3O3. The standard InChI is InChI=1S/C17H17N3O3/c18-6-3-7-20-11-8-12(21)13-14(15(11)19)17(23)10-5-2-1-4-9(10)16(13)22/h1-2,4-5,8,20-21H,3,6-7,18-19H2. The van der Waals surface area contributed by atoms with E-state index >= 15 is 0 Å². The van der Waals surface area contributed by atoms with E-state index in [9.17, 15) is 14.7 Å². The number of nitrogens with one attached hydrogen (secondary N) is 1. The highest BCUT2D eigenvalue weighted by molar-refractivity contribution is 6.31. The van der Waals surface area contributed by atoms with Gasteiger partial charge in [0.2, 0.25) is 0 Å². The predicted molar refractivity (Wildman–Crippen MR) is 88.0 cm³/mol. The van der Waals surface area contributed by atoms with Crippen LogP contribution in [0.1, 0.15) is 38.3 Å². The number of phenols is 1. The van der Waals surface area contributed by atoms with Crippen molar-refractivity contribution in [2.45, 2.75) is 6.42 Å². The van der Waals surface area contributed by atoms with Gasteiger partial charge < -0.3 is 21.9 Å². The van der Waals surface area contributed by atoms with E-state index in [0.29, 0.717) is 30.8 Å². The number of ketones is 2. The van der Waals surface area contributed by atoms with Crippen molar-refractivity contribution in [3.8, 4) is 5.75 Å². The summed E-state index contributed by atoms with van der Waals surface area (Å²) in [6, 6.07) is 7.90. The van der Waals surface area contributed by atoms with Crippen LogP contribution in [0.5, 0.6) is 5.75 Å². The molecule has 0 atom stereocenters. The SMILES string of the molecule is NCCCNc1cc(O)c2c(c1N)C(=O)c1ccccc1C2=O. The molecule has 2 aromatic carbocycles. The predicted octanol–water partition coefficient (Wildman–Crippen LogP) is 1.51. The van der Waals surface area contributed by atoms with Gasteiger partial charge in [-0.05, 0) is 13.0 Å². The second-order valence-electron chi connectivity index (χ2n) is 5.38. The van der Waals surface area contributed by atoms with Crippen molar-refractivity contribution >= 4 is 22.9 Å². The van der Waals surface area contributed by atoms with Crippen molar-refractivity contribution < 1.29 is 14.7 Å². The maximum atomic E-state index is 12.7. The molecule has 0 spiro atoms. The molecule has 0 bridgehead atoms. The van der Waals surface area contributed by atoms with Gasteiger partial charge in [0.25, 0.3) is 0 Å². The van der Waals surface area contributed by atoms with E-state index in [1.807, 2.05) is 0 Å². The maximum absolute atomic E-state index is 12.7. The lowest BCUT2D eigenvalue weighted by molar-refractivity contribution is 0.0977. The minimum atomic E-state index is -0.395. The summed E-state index contributed by atoms with van der Waals surface area (Å²) < 4.78 is 0. The number of hydrogen-bond acceptors (Lipinski definition) is 6. The summed E-state index contributed by atoms with van der Waals surface area (Å²) in [6.07, 6.45) is 0.715. The monoisotopic (exact) mass is 311 g/mol. The molecule has 0 saturated heterocycles. The zero-order valence-corrected chi connectivity index (χ0v) is 12.4. The molecule has 0 heterocycles. The van der Waals surface area contributed by atoms with Gasteiger partial charge >= 0.3 is 0 Å². The van der Waals surface area contributed by atoms with Crippen LogP contribution in [0.3, 0.4) is 0 Å². The zero-order chi connectivity index (χ0) is 16.6. The first-order chi connectivity index (χ1) is 11.1. The highest BCUT2D eigenvalue weighted by Gasteiger charge is 2.34. The normalized spacial score (nSPS) is 12.7. The number of phenolic OH excluding ortho intramolecular Hbond substituents is 1. The number of aromatic hydroxyl groups is 1. The fourth-order valence-electron chi connectivity index (χ4n) is 2.77. The third-order valence-corrected chi connectivity index (χ3v) is 3.91. The number of carbonyl (C=O) groups excluding carboxylic acids is 2. The van der Waals surface area contributed by atoms with E-state index in [2.05, 4.69) is 5.32 Å². The van der Waals surface area contributed by atoms with E-state index in [4.69, 9.17) is 11.5 Å². The Labute approximate surface area is 133 Å². The van der Waals surface area contributed by atoms with Crippen molar-refractivity contribution in [3.05, 3.63) is 52.6 Å². The van der Waals surface area contributed by atoms with Gasteiger partial charge in [-0.25, -0.2) is 0 Å². The molecule has 2 aromatic rings. The third kappa shape index (κ3) is 2.33. The lowest BCUT2D eigenvalue weighted by Crippen LogP contribution is -2.23. The van der Waals surface area contributed by atoms with Crippen LogP contribution in [0.2, 0.25) is 0 Å². The van der Waals surface area contributed by atoms with Crippen LogP contribution in [0.15, 0.2) is 30.3 Å². The van der Waals surface area contributed by atoms with Gasteiger partial charge in [-0.2, -0.15) is 0 Å². The first-order valence-electron chi connectivity index (χ1n) is 7.34. The van der Waals surface area contributed by atoms with E-state index in [0.717, 1.165) is 0 Å². The first kappa shape index (κ1) is 15.1. The summed E-state index contributed by atoms with van der Waals surface area (Å²) in [6.45, 7) is 1.06. The van der Waals surface area contributed by atoms with E-state index in [1.54, 1.807) is 24.3 Å². The molecule has 0 saturated carbocycles. The van der Waals surface area contributed by atoms with Gasteiger partial charge in [0, 0.05) is 23.7 Å². The van der Waals surface area contributed by atoms with Crippen molar-refractivity contribution in [2.75, 3.05) is 24.1 Å². The molecule has 0 aliphatic heterocycles. The average molecular weight is 311 g/mol. The van der Waals surface area contributed by atoms with Gasteiger partial charge in [-0.15, -0.1) is 0 Å². The number of anilines is 2. The van der Waals surface area contributed by atoms with Crippen LogP contribution in [0.4, 0.5) is 11.4 Å². The molecule has 6 heteroatoms. The highest BCUT2D eigenvalue weighted by Crippen LogP contribution is 2.39. The van der Waals surface area contributed by atoms with Gasteiger partial charge in [-0.1, -0.05) is 24.3 Å². The Balaban J connectivity index is 2.15. The smallest absolute Gasteiger partial charge is 0.198 e. The molecule has 118 valence electrons. The summed E-state index contributed by atoms with van der Waals surface area (Å²) in [5.41, 5.74) is 12.7. The fraction of sp³-hybridized carbons (Fsp3) is 0.176. The van der Waals surface area contributed by atoms with Crippen LogP contribution in [-0.2, 0) is 0 Å². The first-order valence-corrected chi connectivity index (χ1v) is 7.34. The van der Waals surface area contributed by atoms with E-state index in [1.165, 1.54) is 6.07 Å². The van der Waals surface area contributed by atoms with Crippen LogP contribution >= 0.6 is 0 Å². The minimum Gasteiger partial charge on any atom is -0.507 e. The van der Waals surface area contributed by atoms with Crippen molar-refractivity contribution in [1.29, 1.82) is 0 Å². The largest absolute Gasteiger partial charge is 0.507 e. The Bertz CT molecular complexity index is 815. The van der Waals surface area contributed by atoms with Crippen molar-refractivity contribution in [3.63, 3.8) is 0 Å². The third-order valence-electron chi connectivity index (χ3n) is 3.91. The molecule has 3 rings (SSSR count). The lowest BCUT2D eigenvalue weighted by Gasteiger charge is -2.22. The molecule has 23 heavy (non-hydrogen) atoms. The molecule has 6 nitrogen and oxygen atoms in total. The highest BCUT2D eigenvalue weighted by atomic mass is 16.3. The Kier molecular flexibility index (Phi) is 3.75. The molecule has 0 aromatic heterocycles. The summed E-state index contributed by atoms with van der Waals surface area (Å²) in [4.78, 5) is 25.3. The molecule has 6 N–H and O–H groups in total. The molecule has 0 radical (unpaired) electrons. The van der Waals surface area contributed by atoms with E-state index < -0.39 is 5.78 Å². The Morgan fingerprint density at radius 3 is 2.26 bits per heavy atom. The fourth-order valence-corrected chi connectivity index (χ4v) is 2.77. The second-order valence-corrected chi connectivity index (χ2v) is 5.38.